The number of benzene rings is 2. The minimum absolute atomic E-state index is 0.00556. The summed E-state index contributed by atoms with van der Waals surface area (Å²) < 4.78 is 42.3. The van der Waals surface area contributed by atoms with E-state index in [9.17, 15) is 17.6 Å². The van der Waals surface area contributed by atoms with Crippen LogP contribution in [0.25, 0.3) is 0 Å². The zero-order valence-corrected chi connectivity index (χ0v) is 14.8. The number of nitrogens with zero attached hydrogens (tertiary/aromatic N) is 1. The van der Waals surface area contributed by atoms with E-state index in [1.807, 2.05) is 6.92 Å². The van der Waals surface area contributed by atoms with E-state index in [1.165, 1.54) is 41.1 Å². The number of anilines is 1. The molecule has 5 nitrogen and oxygen atoms in total. The average Bonchev–Trinajstić information content (AvgIpc) is 2.60. The van der Waals surface area contributed by atoms with E-state index < -0.39 is 21.4 Å². The summed E-state index contributed by atoms with van der Waals surface area (Å²) in [4.78, 5) is 12.6. The number of sulfonamides is 1. The third-order valence-corrected chi connectivity index (χ3v) is 5.28. The third kappa shape index (κ3) is 3.83. The molecular weight excluding hydrogens is 355 g/mol. The summed E-state index contributed by atoms with van der Waals surface area (Å²) in [6.45, 7) is 1.86. The monoisotopic (exact) mass is 372 g/mol. The van der Waals surface area contributed by atoms with Crippen LogP contribution in [0, 0.1) is 12.7 Å². The molecule has 3 rings (SSSR count). The highest BCUT2D eigenvalue weighted by atomic mass is 32.2. The number of hydrogen-bond acceptors (Lipinski definition) is 3. The van der Waals surface area contributed by atoms with E-state index in [4.69, 9.17) is 0 Å². The van der Waals surface area contributed by atoms with Gasteiger partial charge in [-0.25, -0.2) is 12.8 Å². The SMILES string of the molecule is Cc1ccc(S(=O)(=O)Nc2cccn(Cc3ccccc3F)c2=O)cc1. The molecule has 1 heterocycles. The summed E-state index contributed by atoms with van der Waals surface area (Å²) in [6, 6.07) is 15.3. The number of pyridine rings is 1. The molecule has 1 aromatic heterocycles. The van der Waals surface area contributed by atoms with E-state index in [2.05, 4.69) is 4.72 Å². The van der Waals surface area contributed by atoms with Crippen LogP contribution in [-0.4, -0.2) is 13.0 Å². The highest BCUT2D eigenvalue weighted by Gasteiger charge is 2.16. The van der Waals surface area contributed by atoms with Gasteiger partial charge in [0.05, 0.1) is 11.4 Å². The summed E-state index contributed by atoms with van der Waals surface area (Å²) in [7, 11) is -3.89. The number of hydrogen-bond donors (Lipinski definition) is 1. The molecule has 0 aliphatic heterocycles. The summed E-state index contributed by atoms with van der Waals surface area (Å²) in [5.41, 5.74) is 0.625. The Kier molecular flexibility index (Phi) is 4.90. The van der Waals surface area contributed by atoms with Gasteiger partial charge < -0.3 is 4.57 Å². The Balaban J connectivity index is 1.91. The summed E-state index contributed by atoms with van der Waals surface area (Å²) in [5.74, 6) is -0.426. The minimum Gasteiger partial charge on any atom is -0.309 e. The van der Waals surface area contributed by atoms with E-state index in [0.717, 1.165) is 5.56 Å². The van der Waals surface area contributed by atoms with E-state index in [0.29, 0.717) is 5.56 Å². The minimum atomic E-state index is -3.89. The van der Waals surface area contributed by atoms with Crippen molar-refractivity contribution >= 4 is 15.7 Å². The van der Waals surface area contributed by atoms with Gasteiger partial charge in [0.2, 0.25) is 0 Å². The first-order valence-corrected chi connectivity index (χ1v) is 9.37. The van der Waals surface area contributed by atoms with Crippen molar-refractivity contribution < 1.29 is 12.8 Å². The Hall–Kier alpha value is -2.93. The van der Waals surface area contributed by atoms with Crippen LogP contribution in [0.1, 0.15) is 11.1 Å². The van der Waals surface area contributed by atoms with Gasteiger partial charge in [0.15, 0.2) is 0 Å². The van der Waals surface area contributed by atoms with Crippen molar-refractivity contribution in [1.29, 1.82) is 0 Å². The first kappa shape index (κ1) is 17.9. The van der Waals surface area contributed by atoms with Crippen LogP contribution in [-0.2, 0) is 16.6 Å². The lowest BCUT2D eigenvalue weighted by molar-refractivity contribution is 0.595. The molecule has 0 unspecified atom stereocenters. The van der Waals surface area contributed by atoms with Gasteiger partial charge in [-0.3, -0.25) is 9.52 Å². The molecule has 0 spiro atoms. The van der Waals surface area contributed by atoms with Crippen LogP contribution in [0.5, 0.6) is 0 Å². The Morgan fingerprint density at radius 1 is 1.00 bits per heavy atom. The molecule has 0 amide bonds. The fourth-order valence-electron chi connectivity index (χ4n) is 2.47. The van der Waals surface area contributed by atoms with Crippen molar-refractivity contribution in [2.24, 2.45) is 0 Å². The molecular formula is C19H17FN2O3S. The molecule has 0 atom stereocenters. The van der Waals surface area contributed by atoms with Crippen LogP contribution in [0.3, 0.4) is 0 Å². The van der Waals surface area contributed by atoms with Crippen LogP contribution in [0.15, 0.2) is 76.6 Å². The molecule has 0 saturated heterocycles. The van der Waals surface area contributed by atoms with E-state index in [1.54, 1.807) is 30.3 Å². The predicted octanol–water partition coefficient (Wildman–Crippen LogP) is 3.14. The number of aryl methyl sites for hydroxylation is 1. The molecule has 0 bridgehead atoms. The van der Waals surface area contributed by atoms with Crippen molar-refractivity contribution in [3.8, 4) is 0 Å². The van der Waals surface area contributed by atoms with Crippen molar-refractivity contribution in [2.45, 2.75) is 18.4 Å². The maximum Gasteiger partial charge on any atom is 0.275 e. The van der Waals surface area contributed by atoms with Crippen LogP contribution >= 0.6 is 0 Å². The van der Waals surface area contributed by atoms with Gasteiger partial charge in [-0.15, -0.1) is 0 Å². The van der Waals surface area contributed by atoms with Gasteiger partial charge >= 0.3 is 0 Å². The van der Waals surface area contributed by atoms with Crippen molar-refractivity contribution in [3.05, 3.63) is 94.2 Å². The average molecular weight is 372 g/mol. The first-order chi connectivity index (χ1) is 12.4. The van der Waals surface area contributed by atoms with E-state index >= 15 is 0 Å². The first-order valence-electron chi connectivity index (χ1n) is 7.89. The van der Waals surface area contributed by atoms with Crippen molar-refractivity contribution in [3.63, 3.8) is 0 Å². The van der Waals surface area contributed by atoms with Crippen LogP contribution in [0.4, 0.5) is 10.1 Å². The second-order valence-corrected chi connectivity index (χ2v) is 7.55. The molecule has 0 saturated carbocycles. The molecule has 0 aliphatic rings. The predicted molar refractivity (Wildman–Crippen MR) is 98.2 cm³/mol. The van der Waals surface area contributed by atoms with Crippen molar-refractivity contribution in [2.75, 3.05) is 4.72 Å². The Morgan fingerprint density at radius 2 is 1.69 bits per heavy atom. The van der Waals surface area contributed by atoms with Crippen molar-refractivity contribution in [1.82, 2.24) is 4.57 Å². The van der Waals surface area contributed by atoms with Crippen LogP contribution < -0.4 is 10.3 Å². The molecule has 0 aliphatic carbocycles. The van der Waals surface area contributed by atoms with Gasteiger partial charge in [-0.1, -0.05) is 35.9 Å². The molecule has 1 N–H and O–H groups in total. The summed E-state index contributed by atoms with van der Waals surface area (Å²) >= 11 is 0. The number of aromatic nitrogens is 1. The smallest absolute Gasteiger partial charge is 0.275 e. The third-order valence-electron chi connectivity index (χ3n) is 3.89. The second kappa shape index (κ2) is 7.13. The largest absolute Gasteiger partial charge is 0.309 e. The molecule has 3 aromatic rings. The summed E-state index contributed by atoms with van der Waals surface area (Å²) in [5, 5.41) is 0. The fraction of sp³-hybridized carbons (Fsp3) is 0.105. The van der Waals surface area contributed by atoms with Gasteiger partial charge in [0.1, 0.15) is 11.5 Å². The standard InChI is InChI=1S/C19H17FN2O3S/c1-14-8-10-16(11-9-14)26(24,25)21-18-7-4-12-22(19(18)23)13-15-5-2-3-6-17(15)20/h2-12,21H,13H2,1H3. The number of rotatable bonds is 5. The maximum atomic E-state index is 13.8. The molecule has 134 valence electrons. The lowest BCUT2D eigenvalue weighted by Crippen LogP contribution is -2.26. The lowest BCUT2D eigenvalue weighted by atomic mass is 10.2. The fourth-order valence-corrected chi connectivity index (χ4v) is 3.53. The Morgan fingerprint density at radius 3 is 2.38 bits per heavy atom. The van der Waals surface area contributed by atoms with Gasteiger partial charge in [-0.2, -0.15) is 0 Å². The second-order valence-electron chi connectivity index (χ2n) is 5.86. The Labute approximate surface area is 150 Å². The highest BCUT2D eigenvalue weighted by molar-refractivity contribution is 7.92. The molecule has 2 aromatic carbocycles. The molecule has 7 heteroatoms. The van der Waals surface area contributed by atoms with Gasteiger partial charge in [-0.05, 0) is 37.3 Å². The summed E-state index contributed by atoms with van der Waals surface area (Å²) in [6.07, 6.45) is 1.48. The van der Waals surface area contributed by atoms with Crippen LogP contribution in [0.2, 0.25) is 0 Å². The molecule has 0 radical (unpaired) electrons. The number of nitrogens with one attached hydrogen (secondary N) is 1. The van der Waals surface area contributed by atoms with E-state index in [-0.39, 0.29) is 17.1 Å². The molecule has 0 fully saturated rings. The van der Waals surface area contributed by atoms with Gasteiger partial charge in [0, 0.05) is 11.8 Å². The Bertz CT molecular complexity index is 1090. The number of halogens is 1. The lowest BCUT2D eigenvalue weighted by Gasteiger charge is -2.11. The highest BCUT2D eigenvalue weighted by Crippen LogP contribution is 2.14. The zero-order valence-electron chi connectivity index (χ0n) is 14.0. The van der Waals surface area contributed by atoms with Gasteiger partial charge in [0.25, 0.3) is 15.6 Å². The normalized spacial score (nSPS) is 11.3. The maximum absolute atomic E-state index is 13.8. The topological polar surface area (TPSA) is 68.2 Å². The quantitative estimate of drug-likeness (QED) is 0.748. The zero-order chi connectivity index (χ0) is 18.7. The molecule has 26 heavy (non-hydrogen) atoms.